The Bertz CT molecular complexity index is 612. The highest BCUT2D eigenvalue weighted by atomic mass is 16.4. The number of hydrogen-bond acceptors (Lipinski definition) is 3. The second-order valence-corrected chi connectivity index (χ2v) is 6.39. The van der Waals surface area contributed by atoms with Crippen molar-refractivity contribution in [1.29, 1.82) is 0 Å². The summed E-state index contributed by atoms with van der Waals surface area (Å²) in [6.45, 7) is 4.22. The number of likely N-dealkylation sites (tertiary alicyclic amines) is 1. The van der Waals surface area contributed by atoms with Crippen LogP contribution in [0.15, 0.2) is 24.3 Å². The van der Waals surface area contributed by atoms with Crippen LogP contribution in [0.3, 0.4) is 0 Å². The molecule has 1 heterocycles. The summed E-state index contributed by atoms with van der Waals surface area (Å²) in [5.41, 5.74) is 1.97. The maximum atomic E-state index is 12.6. The van der Waals surface area contributed by atoms with Gasteiger partial charge in [0.25, 0.3) is 0 Å². The first-order chi connectivity index (χ1) is 11.4. The molecule has 130 valence electrons. The second-order valence-electron chi connectivity index (χ2n) is 6.39. The van der Waals surface area contributed by atoms with Gasteiger partial charge in [-0.25, -0.2) is 0 Å². The van der Waals surface area contributed by atoms with Gasteiger partial charge < -0.3 is 15.3 Å². The van der Waals surface area contributed by atoms with E-state index < -0.39 is 17.9 Å². The van der Waals surface area contributed by atoms with Crippen LogP contribution >= 0.6 is 0 Å². The van der Waals surface area contributed by atoms with E-state index in [-0.39, 0.29) is 24.8 Å². The third kappa shape index (κ3) is 4.81. The quantitative estimate of drug-likeness (QED) is 0.862. The molecule has 24 heavy (non-hydrogen) atoms. The molecule has 1 aromatic rings. The number of aliphatic carboxylic acids is 1. The second kappa shape index (κ2) is 7.95. The van der Waals surface area contributed by atoms with Crippen molar-refractivity contribution < 1.29 is 19.5 Å². The third-order valence-corrected chi connectivity index (χ3v) is 4.36. The van der Waals surface area contributed by atoms with Gasteiger partial charge in [0.2, 0.25) is 11.8 Å². The number of carbonyl (C=O) groups is 3. The SMILES string of the molecule is CC(=O)N[C@H](CC(=O)N1CCC[C@H](C(=O)O)C1)c1ccc(C)cc1. The molecule has 1 aliphatic heterocycles. The van der Waals surface area contributed by atoms with E-state index in [1.165, 1.54) is 6.92 Å². The van der Waals surface area contributed by atoms with E-state index in [4.69, 9.17) is 5.11 Å². The minimum absolute atomic E-state index is 0.125. The topological polar surface area (TPSA) is 86.7 Å². The molecule has 2 atom stereocenters. The summed E-state index contributed by atoms with van der Waals surface area (Å²) >= 11 is 0. The lowest BCUT2D eigenvalue weighted by Crippen LogP contribution is -2.43. The van der Waals surface area contributed by atoms with Crippen LogP contribution in [0.25, 0.3) is 0 Å². The van der Waals surface area contributed by atoms with Gasteiger partial charge in [0, 0.05) is 20.0 Å². The lowest BCUT2D eigenvalue weighted by molar-refractivity contribution is -0.145. The molecule has 0 unspecified atom stereocenters. The Balaban J connectivity index is 2.08. The summed E-state index contributed by atoms with van der Waals surface area (Å²) in [7, 11) is 0. The smallest absolute Gasteiger partial charge is 0.308 e. The standard InChI is InChI=1S/C18H24N2O4/c1-12-5-7-14(8-6-12)16(19-13(2)21)10-17(22)20-9-3-4-15(11-20)18(23)24/h5-8,15-16H,3-4,9-11H2,1-2H3,(H,19,21)(H,23,24)/t15-,16+/m0/s1. The molecule has 1 fully saturated rings. The minimum atomic E-state index is -0.857. The molecule has 0 aromatic heterocycles. The fourth-order valence-corrected chi connectivity index (χ4v) is 3.01. The van der Waals surface area contributed by atoms with Gasteiger partial charge in [0.05, 0.1) is 18.4 Å². The summed E-state index contributed by atoms with van der Waals surface area (Å²) in [4.78, 5) is 36.8. The minimum Gasteiger partial charge on any atom is -0.481 e. The number of carbonyl (C=O) groups excluding carboxylic acids is 2. The molecule has 6 heteroatoms. The van der Waals surface area contributed by atoms with Crippen LogP contribution in [-0.2, 0) is 14.4 Å². The van der Waals surface area contributed by atoms with Crippen molar-refractivity contribution in [1.82, 2.24) is 10.2 Å². The Hall–Kier alpha value is -2.37. The number of aryl methyl sites for hydroxylation is 1. The highest BCUT2D eigenvalue weighted by molar-refractivity contribution is 5.80. The van der Waals surface area contributed by atoms with Crippen LogP contribution in [-0.4, -0.2) is 40.9 Å². The van der Waals surface area contributed by atoms with Crippen molar-refractivity contribution >= 4 is 17.8 Å². The van der Waals surface area contributed by atoms with E-state index in [0.29, 0.717) is 19.4 Å². The number of rotatable bonds is 5. The number of hydrogen-bond donors (Lipinski definition) is 2. The van der Waals surface area contributed by atoms with Crippen molar-refractivity contribution in [2.24, 2.45) is 5.92 Å². The first-order valence-corrected chi connectivity index (χ1v) is 8.21. The summed E-state index contributed by atoms with van der Waals surface area (Å²) in [5.74, 6) is -1.68. The lowest BCUT2D eigenvalue weighted by atomic mass is 9.96. The van der Waals surface area contributed by atoms with E-state index in [0.717, 1.165) is 11.1 Å². The van der Waals surface area contributed by atoms with Gasteiger partial charge in [-0.05, 0) is 25.3 Å². The van der Waals surface area contributed by atoms with Gasteiger partial charge in [-0.15, -0.1) is 0 Å². The zero-order valence-electron chi connectivity index (χ0n) is 14.1. The highest BCUT2D eigenvalue weighted by Gasteiger charge is 2.29. The average Bonchev–Trinajstić information content (AvgIpc) is 2.54. The van der Waals surface area contributed by atoms with Crippen molar-refractivity contribution in [3.05, 3.63) is 35.4 Å². The van der Waals surface area contributed by atoms with Gasteiger partial charge in [-0.2, -0.15) is 0 Å². The fourth-order valence-electron chi connectivity index (χ4n) is 3.01. The Kier molecular flexibility index (Phi) is 5.95. The molecule has 0 radical (unpaired) electrons. The number of carboxylic acids is 1. The number of amides is 2. The molecule has 0 aliphatic carbocycles. The van der Waals surface area contributed by atoms with E-state index in [2.05, 4.69) is 5.32 Å². The predicted octanol–water partition coefficient (Wildman–Crippen LogP) is 1.89. The number of carboxylic acid groups (broad SMARTS) is 1. The molecule has 1 saturated heterocycles. The zero-order valence-corrected chi connectivity index (χ0v) is 14.1. The molecule has 0 spiro atoms. The van der Waals surface area contributed by atoms with E-state index >= 15 is 0 Å². The molecule has 1 aliphatic rings. The maximum Gasteiger partial charge on any atom is 0.308 e. The summed E-state index contributed by atoms with van der Waals surface area (Å²) in [6.07, 6.45) is 1.43. The maximum absolute atomic E-state index is 12.6. The monoisotopic (exact) mass is 332 g/mol. The molecule has 2 rings (SSSR count). The van der Waals surface area contributed by atoms with Crippen LogP contribution in [0.1, 0.15) is 43.4 Å². The summed E-state index contributed by atoms with van der Waals surface area (Å²) in [6, 6.07) is 7.28. The van der Waals surface area contributed by atoms with E-state index in [1.807, 2.05) is 31.2 Å². The van der Waals surface area contributed by atoms with Crippen LogP contribution in [0, 0.1) is 12.8 Å². The first-order valence-electron chi connectivity index (χ1n) is 8.21. The molecule has 1 aromatic carbocycles. The van der Waals surface area contributed by atoms with Crippen LogP contribution in [0.5, 0.6) is 0 Å². The van der Waals surface area contributed by atoms with Gasteiger partial charge >= 0.3 is 5.97 Å². The van der Waals surface area contributed by atoms with Crippen LogP contribution in [0.2, 0.25) is 0 Å². The number of nitrogens with one attached hydrogen (secondary N) is 1. The third-order valence-electron chi connectivity index (χ3n) is 4.36. The van der Waals surface area contributed by atoms with Crippen molar-refractivity contribution in [2.75, 3.05) is 13.1 Å². The largest absolute Gasteiger partial charge is 0.481 e. The number of nitrogens with zero attached hydrogens (tertiary/aromatic N) is 1. The lowest BCUT2D eigenvalue weighted by Gasteiger charge is -2.32. The van der Waals surface area contributed by atoms with E-state index in [9.17, 15) is 14.4 Å². The van der Waals surface area contributed by atoms with Crippen LogP contribution < -0.4 is 5.32 Å². The Morgan fingerprint density at radius 3 is 2.54 bits per heavy atom. The van der Waals surface area contributed by atoms with Crippen molar-refractivity contribution in [3.63, 3.8) is 0 Å². The predicted molar refractivity (Wildman–Crippen MR) is 89.3 cm³/mol. The summed E-state index contributed by atoms with van der Waals surface area (Å²) < 4.78 is 0. The number of benzene rings is 1. The fraction of sp³-hybridized carbons (Fsp3) is 0.500. The summed E-state index contributed by atoms with van der Waals surface area (Å²) in [5, 5.41) is 12.0. The van der Waals surface area contributed by atoms with E-state index in [1.54, 1.807) is 4.90 Å². The molecule has 0 saturated carbocycles. The molecule has 0 bridgehead atoms. The Labute approximate surface area is 141 Å². The molecular formula is C18H24N2O4. The Morgan fingerprint density at radius 2 is 1.96 bits per heavy atom. The van der Waals surface area contributed by atoms with Crippen molar-refractivity contribution in [3.8, 4) is 0 Å². The molecule has 6 nitrogen and oxygen atoms in total. The van der Waals surface area contributed by atoms with Gasteiger partial charge in [-0.3, -0.25) is 14.4 Å². The number of piperidine rings is 1. The van der Waals surface area contributed by atoms with Gasteiger partial charge in [0.15, 0.2) is 0 Å². The first kappa shape index (κ1) is 18.0. The average molecular weight is 332 g/mol. The molecule has 2 amide bonds. The Morgan fingerprint density at radius 1 is 1.29 bits per heavy atom. The van der Waals surface area contributed by atoms with Gasteiger partial charge in [-0.1, -0.05) is 29.8 Å². The van der Waals surface area contributed by atoms with Gasteiger partial charge in [0.1, 0.15) is 0 Å². The molecule has 2 N–H and O–H groups in total. The zero-order chi connectivity index (χ0) is 17.7. The highest BCUT2D eigenvalue weighted by Crippen LogP contribution is 2.22. The van der Waals surface area contributed by atoms with Crippen molar-refractivity contribution in [2.45, 2.75) is 39.2 Å². The molecular weight excluding hydrogens is 308 g/mol. The normalized spacial score (nSPS) is 18.8. The van der Waals surface area contributed by atoms with Crippen LogP contribution in [0.4, 0.5) is 0 Å².